The fraction of sp³-hybridized carbons (Fsp3) is 0.500. The van der Waals surface area contributed by atoms with Crippen LogP contribution in [0.25, 0.3) is 5.65 Å². The normalized spacial score (nSPS) is 11.8. The van der Waals surface area contributed by atoms with Gasteiger partial charge in [-0.25, -0.2) is 10.5 Å². The maximum absolute atomic E-state index is 11.3. The van der Waals surface area contributed by atoms with Gasteiger partial charge in [0.1, 0.15) is 11.5 Å². The van der Waals surface area contributed by atoms with Gasteiger partial charge in [-0.1, -0.05) is 20.8 Å². The number of hydroxylamine groups is 1. The van der Waals surface area contributed by atoms with Crippen LogP contribution in [0.5, 0.6) is 0 Å². The number of fused-ring (bicyclic) bond motifs is 1. The van der Waals surface area contributed by atoms with Crippen LogP contribution in [0, 0.1) is 19.3 Å². The molecule has 0 fully saturated rings. The topological polar surface area (TPSA) is 78.7 Å². The fourth-order valence-corrected chi connectivity index (χ4v) is 2.95. The third-order valence-corrected chi connectivity index (χ3v) is 4.55. The number of aryl methyl sites for hydroxylation is 1. The van der Waals surface area contributed by atoms with Crippen molar-refractivity contribution in [2.45, 2.75) is 41.0 Å². The zero-order valence-electron chi connectivity index (χ0n) is 14.1. The number of aromatic nitrogens is 2. The van der Waals surface area contributed by atoms with Crippen LogP contribution < -0.4 is 10.8 Å². The Labute approximate surface area is 144 Å². The molecule has 0 atom stereocenters. The number of amides is 1. The Morgan fingerprint density at radius 3 is 2.57 bits per heavy atom. The van der Waals surface area contributed by atoms with Gasteiger partial charge >= 0.3 is 0 Å². The zero-order chi connectivity index (χ0) is 17.4. The number of anilines is 1. The van der Waals surface area contributed by atoms with Crippen LogP contribution in [0.3, 0.4) is 0 Å². The second-order valence-corrected chi connectivity index (χ2v) is 7.81. The highest BCUT2D eigenvalue weighted by atomic mass is 79.9. The summed E-state index contributed by atoms with van der Waals surface area (Å²) in [6.07, 6.45) is 2.81. The van der Waals surface area contributed by atoms with E-state index in [1.807, 2.05) is 20.0 Å². The largest absolute Gasteiger partial charge is 0.359 e. The molecule has 0 spiro atoms. The summed E-state index contributed by atoms with van der Waals surface area (Å²) in [5, 5.41) is 11.7. The second kappa shape index (κ2) is 6.49. The molecule has 6 nitrogen and oxygen atoms in total. The molecule has 0 unspecified atom stereocenters. The fourth-order valence-electron chi connectivity index (χ4n) is 2.44. The first kappa shape index (κ1) is 17.7. The minimum atomic E-state index is -0.502. The number of imidazole rings is 1. The molecule has 23 heavy (non-hydrogen) atoms. The minimum absolute atomic E-state index is 0.0310. The van der Waals surface area contributed by atoms with E-state index in [4.69, 9.17) is 5.21 Å². The van der Waals surface area contributed by atoms with Crippen LogP contribution in [0.2, 0.25) is 0 Å². The Morgan fingerprint density at radius 1 is 1.35 bits per heavy atom. The highest BCUT2D eigenvalue weighted by molar-refractivity contribution is 9.10. The van der Waals surface area contributed by atoms with Crippen molar-refractivity contribution in [2.24, 2.45) is 5.41 Å². The van der Waals surface area contributed by atoms with Crippen molar-refractivity contribution in [1.82, 2.24) is 14.9 Å². The molecule has 2 aromatic rings. The van der Waals surface area contributed by atoms with Crippen molar-refractivity contribution >= 4 is 33.3 Å². The van der Waals surface area contributed by atoms with E-state index in [9.17, 15) is 4.79 Å². The molecule has 0 saturated heterocycles. The molecule has 0 saturated carbocycles. The van der Waals surface area contributed by atoms with E-state index in [1.54, 1.807) is 5.48 Å². The number of rotatable bonds is 4. The van der Waals surface area contributed by atoms with Crippen molar-refractivity contribution in [1.29, 1.82) is 0 Å². The van der Waals surface area contributed by atoms with E-state index in [0.717, 1.165) is 33.4 Å². The molecule has 2 aromatic heterocycles. The maximum atomic E-state index is 11.3. The predicted octanol–water partition coefficient (Wildman–Crippen LogP) is 3.22. The van der Waals surface area contributed by atoms with Gasteiger partial charge in [-0.3, -0.25) is 10.0 Å². The van der Waals surface area contributed by atoms with Gasteiger partial charge in [-0.15, -0.1) is 0 Å². The molecule has 7 heteroatoms. The van der Waals surface area contributed by atoms with Gasteiger partial charge in [0.2, 0.25) is 0 Å². The van der Waals surface area contributed by atoms with Gasteiger partial charge in [-0.2, -0.15) is 0 Å². The first-order valence-corrected chi connectivity index (χ1v) is 8.27. The van der Waals surface area contributed by atoms with Crippen molar-refractivity contribution < 1.29 is 10.0 Å². The lowest BCUT2D eigenvalue weighted by atomic mass is 9.90. The number of carbonyl (C=O) groups is 1. The summed E-state index contributed by atoms with van der Waals surface area (Å²) in [4.78, 5) is 16.0. The van der Waals surface area contributed by atoms with Crippen LogP contribution in [-0.4, -0.2) is 27.0 Å². The second-order valence-electron chi connectivity index (χ2n) is 6.95. The molecule has 2 rings (SSSR count). The number of pyridine rings is 1. The summed E-state index contributed by atoms with van der Waals surface area (Å²) in [7, 11) is 0. The van der Waals surface area contributed by atoms with Crippen molar-refractivity contribution in [3.63, 3.8) is 0 Å². The first-order valence-electron chi connectivity index (χ1n) is 7.47. The monoisotopic (exact) mass is 382 g/mol. The van der Waals surface area contributed by atoms with Crippen molar-refractivity contribution in [3.05, 3.63) is 27.5 Å². The van der Waals surface area contributed by atoms with E-state index in [0.29, 0.717) is 5.82 Å². The van der Waals surface area contributed by atoms with Crippen LogP contribution in [0.4, 0.5) is 5.82 Å². The van der Waals surface area contributed by atoms with Crippen molar-refractivity contribution in [3.8, 4) is 0 Å². The van der Waals surface area contributed by atoms with Gasteiger partial charge in [0.25, 0.3) is 5.91 Å². The Hall–Kier alpha value is -1.60. The molecule has 1 amide bonds. The Morgan fingerprint density at radius 2 is 2.00 bits per heavy atom. The minimum Gasteiger partial charge on any atom is -0.359 e. The Bertz CT molecular complexity index is 747. The maximum Gasteiger partial charge on any atom is 0.262 e. The summed E-state index contributed by atoms with van der Waals surface area (Å²) < 4.78 is 3.09. The number of carbonyl (C=O) groups excluding carboxylic acids is 1. The average Bonchev–Trinajstić information content (AvgIpc) is 2.79. The molecule has 0 aliphatic heterocycles. The van der Waals surface area contributed by atoms with Gasteiger partial charge < -0.3 is 9.72 Å². The standard InChI is InChI=1S/C16H23BrN4O2/c1-9-10(2)15-19-14(18-7-13(22)20-23)12(6-16(3,4)5)21(15)8-11(9)17/h8,18,23H,6-7H2,1-5H3,(H,20,22). The van der Waals surface area contributed by atoms with Gasteiger partial charge in [0.05, 0.1) is 12.2 Å². The summed E-state index contributed by atoms with van der Waals surface area (Å²) in [5.74, 6) is 0.168. The molecule has 0 radical (unpaired) electrons. The van der Waals surface area contributed by atoms with E-state index in [2.05, 4.69) is 51.4 Å². The van der Waals surface area contributed by atoms with Crippen LogP contribution in [0.15, 0.2) is 10.7 Å². The lowest BCUT2D eigenvalue weighted by Crippen LogP contribution is -2.27. The Kier molecular flexibility index (Phi) is 5.01. The van der Waals surface area contributed by atoms with Crippen LogP contribution in [0.1, 0.15) is 37.6 Å². The quantitative estimate of drug-likeness (QED) is 0.560. The summed E-state index contributed by atoms with van der Waals surface area (Å²) in [6.45, 7) is 10.5. The number of hydrogen-bond donors (Lipinski definition) is 3. The molecular formula is C16H23BrN4O2. The van der Waals surface area contributed by atoms with E-state index < -0.39 is 5.91 Å². The smallest absolute Gasteiger partial charge is 0.262 e. The van der Waals surface area contributed by atoms with E-state index >= 15 is 0 Å². The molecule has 3 N–H and O–H groups in total. The third-order valence-electron chi connectivity index (χ3n) is 3.75. The van der Waals surface area contributed by atoms with E-state index in [-0.39, 0.29) is 12.0 Å². The summed E-state index contributed by atoms with van der Waals surface area (Å²) in [6, 6.07) is 0. The molecule has 0 bridgehead atoms. The molecule has 0 aliphatic rings. The van der Waals surface area contributed by atoms with Crippen molar-refractivity contribution in [2.75, 3.05) is 11.9 Å². The molecule has 0 aliphatic carbocycles. The predicted molar refractivity (Wildman–Crippen MR) is 93.9 cm³/mol. The molecule has 126 valence electrons. The highest BCUT2D eigenvalue weighted by Gasteiger charge is 2.21. The first-order chi connectivity index (χ1) is 10.6. The Balaban J connectivity index is 2.57. The summed E-state index contributed by atoms with van der Waals surface area (Å²) in [5.41, 5.74) is 5.81. The number of nitrogens with zero attached hydrogens (tertiary/aromatic N) is 2. The number of halogens is 1. The number of nitrogens with one attached hydrogen (secondary N) is 2. The lowest BCUT2D eigenvalue weighted by molar-refractivity contribution is -0.127. The van der Waals surface area contributed by atoms with Crippen LogP contribution >= 0.6 is 15.9 Å². The average molecular weight is 383 g/mol. The third kappa shape index (κ3) is 3.84. The highest BCUT2D eigenvalue weighted by Crippen LogP contribution is 2.31. The molecular weight excluding hydrogens is 360 g/mol. The van der Waals surface area contributed by atoms with Gasteiger partial charge in [0.15, 0.2) is 0 Å². The number of hydrogen-bond acceptors (Lipinski definition) is 4. The van der Waals surface area contributed by atoms with E-state index in [1.165, 1.54) is 0 Å². The molecule has 0 aromatic carbocycles. The van der Waals surface area contributed by atoms with Crippen LogP contribution in [-0.2, 0) is 11.2 Å². The molecule has 2 heterocycles. The van der Waals surface area contributed by atoms with Gasteiger partial charge in [-0.05, 0) is 52.7 Å². The SMILES string of the molecule is Cc1c(Br)cn2c(CC(C)(C)C)c(NCC(=O)NO)nc2c1C. The summed E-state index contributed by atoms with van der Waals surface area (Å²) >= 11 is 3.60. The van der Waals surface area contributed by atoms with Gasteiger partial charge in [0, 0.05) is 10.7 Å². The lowest BCUT2D eigenvalue weighted by Gasteiger charge is -2.19. The zero-order valence-corrected chi connectivity index (χ0v) is 15.7.